The first-order chi connectivity index (χ1) is 38.4. The molecule has 1 atom stereocenters. The fourth-order valence-electron chi connectivity index (χ4n) is 7.54. The van der Waals surface area contributed by atoms with Gasteiger partial charge in [-0.05, 0) is 61.4 Å². The van der Waals surface area contributed by atoms with E-state index < -0.39 is 76.6 Å². The first-order valence-corrected chi connectivity index (χ1v) is 23.9. The number of fused-ring (bicyclic) bond motifs is 2. The van der Waals surface area contributed by atoms with Crippen LogP contribution in [0.4, 0.5) is 52.7 Å². The van der Waals surface area contributed by atoms with Gasteiger partial charge >= 0.3 is 36.5 Å². The molecule has 2 aromatic carbocycles. The van der Waals surface area contributed by atoms with Gasteiger partial charge in [0.15, 0.2) is 12.0 Å². The van der Waals surface area contributed by atoms with E-state index in [1.807, 2.05) is 13.8 Å². The Kier molecular flexibility index (Phi) is 19.4. The number of aliphatic hydroxyl groups excluding tert-OH is 1. The van der Waals surface area contributed by atoms with Crippen molar-refractivity contribution in [3.05, 3.63) is 173 Å². The average molecular weight is 1170 g/mol. The zero-order valence-corrected chi connectivity index (χ0v) is 42.9. The summed E-state index contributed by atoms with van der Waals surface area (Å²) in [5, 5.41) is 11.3. The van der Waals surface area contributed by atoms with Crippen molar-refractivity contribution in [2.45, 2.75) is 83.8 Å². The number of aldehydes is 1. The lowest BCUT2D eigenvalue weighted by molar-refractivity contribution is -0.275. The van der Waals surface area contributed by atoms with Crippen molar-refractivity contribution < 1.29 is 81.5 Å². The summed E-state index contributed by atoms with van der Waals surface area (Å²) in [5.74, 6) is -1.37. The van der Waals surface area contributed by atoms with Crippen LogP contribution in [0.1, 0.15) is 78.5 Å². The maximum absolute atomic E-state index is 13.6. The number of hydrogen-bond donors (Lipinski definition) is 1. The lowest BCUT2D eigenvalue weighted by atomic mass is 9.99. The van der Waals surface area contributed by atoms with Crippen molar-refractivity contribution in [2.24, 2.45) is 14.1 Å². The van der Waals surface area contributed by atoms with Crippen LogP contribution in [0.2, 0.25) is 0 Å². The summed E-state index contributed by atoms with van der Waals surface area (Å²) < 4.78 is 174. The summed E-state index contributed by atoms with van der Waals surface area (Å²) in [6.07, 6.45) is -13.9. The number of ether oxygens (including phenoxy) is 4. The molecule has 1 N–H and O–H groups in total. The topological polar surface area (TPSA) is 214 Å². The minimum Gasteiger partial charge on any atom is -0.456 e. The average Bonchev–Trinajstić information content (AvgIpc) is 3.30. The van der Waals surface area contributed by atoms with Gasteiger partial charge in [-0.2, -0.15) is 26.3 Å². The van der Waals surface area contributed by atoms with E-state index in [2.05, 4.69) is 29.4 Å². The Labute approximate surface area is 453 Å². The summed E-state index contributed by atoms with van der Waals surface area (Å²) in [4.78, 5) is 76.3. The van der Waals surface area contributed by atoms with Crippen LogP contribution in [0.3, 0.4) is 0 Å². The Hall–Kier alpha value is -9.09. The minimum atomic E-state index is -4.99. The monoisotopic (exact) mass is 1170 g/mol. The number of aryl methyl sites for hydroxylation is 2. The van der Waals surface area contributed by atoms with Crippen molar-refractivity contribution in [3.63, 3.8) is 0 Å². The van der Waals surface area contributed by atoms with E-state index in [9.17, 15) is 81.8 Å². The van der Waals surface area contributed by atoms with Gasteiger partial charge in [-0.15, -0.1) is 26.3 Å². The highest BCUT2D eigenvalue weighted by molar-refractivity contribution is 5.82. The standard InChI is InChI=1S/C26H22F6N4O5.C19H18F3N3O4.C7H4F3NO/c1-3-4-10-36-23(38)20-19(21(37)14-8-9-18(33-12-14)25(27,28)29)17(13-34-22(20)35(2)24(36)39)40-15-6-5-7-16(11-15)41-26(30,31)32;1-3-4-8-25-17(26)15-10-14(11-23-16(15)24(2)18(25)27)28-12-6-5-7-13(9-12)29-19(20,21)22;8-7(9,10)6-2-1-5(4-12)3-11-6/h5-9,11-13,21,37H,3-4,10H2,1-2H3;5-7,9-11H,3-4,8H2,1-2H3;1-4H. The third kappa shape index (κ3) is 15.6. The summed E-state index contributed by atoms with van der Waals surface area (Å²) >= 11 is 0. The van der Waals surface area contributed by atoms with Crippen LogP contribution < -0.4 is 41.4 Å². The fourth-order valence-corrected chi connectivity index (χ4v) is 7.54. The number of carbonyl (C=O) groups is 1. The summed E-state index contributed by atoms with van der Waals surface area (Å²) in [7, 11) is 2.85. The van der Waals surface area contributed by atoms with E-state index in [-0.39, 0.29) is 74.8 Å². The van der Waals surface area contributed by atoms with Gasteiger partial charge in [-0.3, -0.25) is 42.6 Å². The normalized spacial score (nSPS) is 12.2. The molecule has 0 saturated carbocycles. The van der Waals surface area contributed by atoms with Crippen LogP contribution in [-0.2, 0) is 39.5 Å². The smallest absolute Gasteiger partial charge is 0.456 e. The van der Waals surface area contributed by atoms with Gasteiger partial charge in [0.1, 0.15) is 57.5 Å². The molecule has 0 aliphatic carbocycles. The van der Waals surface area contributed by atoms with Gasteiger partial charge in [-0.25, -0.2) is 19.6 Å². The van der Waals surface area contributed by atoms with Gasteiger partial charge < -0.3 is 24.1 Å². The Morgan fingerprint density at radius 3 is 1.52 bits per heavy atom. The number of aliphatic hydroxyl groups is 1. The first-order valence-electron chi connectivity index (χ1n) is 23.9. The highest BCUT2D eigenvalue weighted by atomic mass is 19.4. The van der Waals surface area contributed by atoms with Gasteiger partial charge in [-0.1, -0.05) is 44.9 Å². The van der Waals surface area contributed by atoms with Crippen LogP contribution >= 0.6 is 0 Å². The van der Waals surface area contributed by atoms with Crippen LogP contribution in [0.5, 0.6) is 34.5 Å². The second kappa shape index (κ2) is 25.6. The van der Waals surface area contributed by atoms with E-state index in [1.54, 1.807) is 0 Å². The molecule has 0 spiro atoms. The molecule has 18 nitrogen and oxygen atoms in total. The number of aromatic nitrogens is 8. The zero-order valence-electron chi connectivity index (χ0n) is 42.9. The van der Waals surface area contributed by atoms with Crippen molar-refractivity contribution in [1.82, 2.24) is 38.2 Å². The third-order valence-electron chi connectivity index (χ3n) is 11.4. The number of hydrogen-bond acceptors (Lipinski definition) is 14. The van der Waals surface area contributed by atoms with Crippen LogP contribution in [-0.4, -0.2) is 62.3 Å². The van der Waals surface area contributed by atoms with E-state index in [0.29, 0.717) is 31.6 Å². The van der Waals surface area contributed by atoms with E-state index >= 15 is 0 Å². The van der Waals surface area contributed by atoms with Gasteiger partial charge in [0.2, 0.25) is 0 Å². The second-order valence-electron chi connectivity index (χ2n) is 17.3. The first kappa shape index (κ1) is 62.1. The number of rotatable bonds is 15. The highest BCUT2D eigenvalue weighted by Crippen LogP contribution is 2.38. The SMILES string of the molecule is CCCCn1c(=O)c2c(C(O)c3ccc(C(F)(F)F)nc3)c(Oc3cccc(OC(F)(F)F)c3)cnc2n(C)c1=O.CCCCn1c(=O)c2cc(Oc3cccc(OC(F)(F)F)c3)cnc2n(C)c1=O.O=Cc1ccc(C(F)(F)F)nc1. The zero-order chi connectivity index (χ0) is 60.5. The van der Waals surface area contributed by atoms with Crippen LogP contribution in [0.15, 0.2) is 123 Å². The minimum absolute atomic E-state index is 0.0250. The number of halogens is 12. The fraction of sp³-hybridized carbons (Fsp3) is 0.288. The molecule has 0 aliphatic rings. The second-order valence-corrected chi connectivity index (χ2v) is 17.3. The molecule has 0 amide bonds. The van der Waals surface area contributed by atoms with Crippen molar-refractivity contribution in [2.75, 3.05) is 0 Å². The molecule has 0 fully saturated rings. The largest absolute Gasteiger partial charge is 0.573 e. The van der Waals surface area contributed by atoms with Crippen molar-refractivity contribution in [3.8, 4) is 34.5 Å². The number of alkyl halides is 12. The lowest BCUT2D eigenvalue weighted by Gasteiger charge is -2.20. The predicted octanol–water partition coefficient (Wildman–Crippen LogP) is 10.6. The molecule has 30 heteroatoms. The lowest BCUT2D eigenvalue weighted by Crippen LogP contribution is -2.40. The summed E-state index contributed by atoms with van der Waals surface area (Å²) in [6.45, 7) is 4.09. The molecule has 0 bridgehead atoms. The quantitative estimate of drug-likeness (QED) is 0.0747. The molecule has 6 aromatic heterocycles. The van der Waals surface area contributed by atoms with Crippen LogP contribution in [0.25, 0.3) is 22.1 Å². The molecule has 8 aromatic rings. The Bertz CT molecular complexity index is 3800. The molecule has 436 valence electrons. The Balaban J connectivity index is 0.000000227. The molecule has 82 heavy (non-hydrogen) atoms. The highest BCUT2D eigenvalue weighted by Gasteiger charge is 2.35. The van der Waals surface area contributed by atoms with Gasteiger partial charge in [0, 0.05) is 68.4 Å². The Morgan fingerprint density at radius 1 is 0.561 bits per heavy atom. The van der Waals surface area contributed by atoms with E-state index in [1.165, 1.54) is 55.2 Å². The van der Waals surface area contributed by atoms with Gasteiger partial charge in [0.25, 0.3) is 11.1 Å². The molecule has 6 heterocycles. The third-order valence-corrected chi connectivity index (χ3v) is 11.4. The molecule has 1 unspecified atom stereocenters. The number of carbonyl (C=O) groups excluding carboxylic acids is 1. The number of pyridine rings is 4. The maximum atomic E-state index is 13.6. The van der Waals surface area contributed by atoms with E-state index in [0.717, 1.165) is 81.2 Å². The summed E-state index contributed by atoms with van der Waals surface area (Å²) in [6, 6.07) is 14.2. The van der Waals surface area contributed by atoms with E-state index in [4.69, 9.17) is 9.47 Å². The maximum Gasteiger partial charge on any atom is 0.573 e. The van der Waals surface area contributed by atoms with Gasteiger partial charge in [0.05, 0.1) is 23.2 Å². The molecule has 0 saturated heterocycles. The van der Waals surface area contributed by atoms with Crippen molar-refractivity contribution >= 4 is 28.4 Å². The Morgan fingerprint density at radius 2 is 1.05 bits per heavy atom. The molecular formula is C52H44F12N8O10. The molecule has 0 aliphatic heterocycles. The molecule has 0 radical (unpaired) electrons. The number of unbranched alkanes of at least 4 members (excludes halogenated alkanes) is 2. The number of nitrogens with zero attached hydrogens (tertiary/aromatic N) is 8. The van der Waals surface area contributed by atoms with Crippen LogP contribution in [0, 0.1) is 0 Å². The number of benzene rings is 2. The molecule has 8 rings (SSSR count). The summed E-state index contributed by atoms with van der Waals surface area (Å²) in [5.41, 5.74) is -5.02. The van der Waals surface area contributed by atoms with Crippen molar-refractivity contribution in [1.29, 1.82) is 0 Å². The predicted molar refractivity (Wildman–Crippen MR) is 267 cm³/mol. The molecular weight excluding hydrogens is 1120 g/mol.